The average Bonchev–Trinajstić information content (AvgIpc) is 2.44. The topological polar surface area (TPSA) is 70.3 Å². The van der Waals surface area contributed by atoms with Crippen molar-refractivity contribution in [3.63, 3.8) is 0 Å². The van der Waals surface area contributed by atoms with Crippen LogP contribution in [0.3, 0.4) is 0 Å². The SMILES string of the molecule is N#Cc1cc(F)cc(COc2cc(F)ccc2C(=O)O)c1. The number of aromatic carboxylic acids is 1. The number of benzene rings is 2. The third-order valence-corrected chi connectivity index (χ3v) is 2.66. The third kappa shape index (κ3) is 3.54. The van der Waals surface area contributed by atoms with Crippen LogP contribution in [-0.2, 0) is 6.61 Å². The van der Waals surface area contributed by atoms with Crippen molar-refractivity contribution in [1.82, 2.24) is 0 Å². The summed E-state index contributed by atoms with van der Waals surface area (Å²) in [5.74, 6) is -2.68. The van der Waals surface area contributed by atoms with E-state index in [1.165, 1.54) is 6.07 Å². The van der Waals surface area contributed by atoms with Gasteiger partial charge in [-0.05, 0) is 35.9 Å². The Morgan fingerprint density at radius 1 is 1.19 bits per heavy atom. The highest BCUT2D eigenvalue weighted by Gasteiger charge is 2.12. The minimum atomic E-state index is -1.26. The average molecular weight is 289 g/mol. The van der Waals surface area contributed by atoms with Gasteiger partial charge in [0, 0.05) is 6.07 Å². The Labute approximate surface area is 118 Å². The van der Waals surface area contributed by atoms with E-state index >= 15 is 0 Å². The molecule has 0 atom stereocenters. The molecule has 0 aromatic heterocycles. The van der Waals surface area contributed by atoms with E-state index in [1.807, 2.05) is 0 Å². The summed E-state index contributed by atoms with van der Waals surface area (Å²) in [6.07, 6.45) is 0. The van der Waals surface area contributed by atoms with Gasteiger partial charge in [-0.1, -0.05) is 0 Å². The largest absolute Gasteiger partial charge is 0.488 e. The van der Waals surface area contributed by atoms with Crippen molar-refractivity contribution in [3.05, 3.63) is 64.7 Å². The fourth-order valence-corrected chi connectivity index (χ4v) is 1.75. The lowest BCUT2D eigenvalue weighted by Crippen LogP contribution is -2.04. The van der Waals surface area contributed by atoms with E-state index in [4.69, 9.17) is 15.1 Å². The minimum absolute atomic E-state index is 0.117. The van der Waals surface area contributed by atoms with Gasteiger partial charge < -0.3 is 9.84 Å². The first-order valence-electron chi connectivity index (χ1n) is 5.85. The van der Waals surface area contributed by atoms with Crippen LogP contribution < -0.4 is 4.74 Å². The molecule has 2 rings (SSSR count). The van der Waals surface area contributed by atoms with Crippen LogP contribution in [0.4, 0.5) is 8.78 Å². The summed E-state index contributed by atoms with van der Waals surface area (Å²) >= 11 is 0. The number of carbonyl (C=O) groups is 1. The molecular weight excluding hydrogens is 280 g/mol. The Hall–Kier alpha value is -2.94. The van der Waals surface area contributed by atoms with Gasteiger partial charge in [0.15, 0.2) is 0 Å². The van der Waals surface area contributed by atoms with E-state index in [1.54, 1.807) is 6.07 Å². The molecule has 21 heavy (non-hydrogen) atoms. The minimum Gasteiger partial charge on any atom is -0.488 e. The molecule has 0 radical (unpaired) electrons. The zero-order valence-corrected chi connectivity index (χ0v) is 10.6. The quantitative estimate of drug-likeness (QED) is 0.938. The molecule has 0 spiro atoms. The molecule has 0 aliphatic heterocycles. The standard InChI is InChI=1S/C15H9F2NO3/c16-11-1-2-13(15(19)20)14(6-11)21-8-10-3-9(7-18)4-12(17)5-10/h1-6H,8H2,(H,19,20). The predicted molar refractivity (Wildman–Crippen MR) is 68.8 cm³/mol. The van der Waals surface area contributed by atoms with Crippen molar-refractivity contribution < 1.29 is 23.4 Å². The maximum atomic E-state index is 13.3. The number of carboxylic acids is 1. The van der Waals surface area contributed by atoms with Crippen molar-refractivity contribution in [2.75, 3.05) is 0 Å². The molecule has 0 aliphatic carbocycles. The molecular formula is C15H9F2NO3. The van der Waals surface area contributed by atoms with Gasteiger partial charge >= 0.3 is 5.97 Å². The van der Waals surface area contributed by atoms with Gasteiger partial charge in [0.05, 0.1) is 11.6 Å². The highest BCUT2D eigenvalue weighted by molar-refractivity contribution is 5.90. The van der Waals surface area contributed by atoms with E-state index in [0.717, 1.165) is 30.3 Å². The maximum Gasteiger partial charge on any atom is 0.339 e. The first-order chi connectivity index (χ1) is 9.99. The van der Waals surface area contributed by atoms with Crippen molar-refractivity contribution in [3.8, 4) is 11.8 Å². The second kappa shape index (κ2) is 6.01. The van der Waals surface area contributed by atoms with Gasteiger partial charge in [-0.15, -0.1) is 0 Å². The van der Waals surface area contributed by atoms with E-state index in [-0.39, 0.29) is 23.5 Å². The summed E-state index contributed by atoms with van der Waals surface area (Å²) in [6, 6.07) is 8.45. The molecule has 0 saturated carbocycles. The summed E-state index contributed by atoms with van der Waals surface area (Å²) in [5.41, 5.74) is 0.256. The summed E-state index contributed by atoms with van der Waals surface area (Å²) < 4.78 is 31.6. The summed E-state index contributed by atoms with van der Waals surface area (Å²) in [4.78, 5) is 11.0. The number of carboxylic acid groups (broad SMARTS) is 1. The lowest BCUT2D eigenvalue weighted by molar-refractivity contribution is 0.0691. The van der Waals surface area contributed by atoms with E-state index in [0.29, 0.717) is 5.56 Å². The fraction of sp³-hybridized carbons (Fsp3) is 0.0667. The molecule has 4 nitrogen and oxygen atoms in total. The zero-order valence-electron chi connectivity index (χ0n) is 10.6. The number of halogens is 2. The van der Waals surface area contributed by atoms with Crippen LogP contribution in [0.15, 0.2) is 36.4 Å². The second-order valence-corrected chi connectivity index (χ2v) is 4.19. The fourth-order valence-electron chi connectivity index (χ4n) is 1.75. The Kier molecular flexibility index (Phi) is 4.14. The highest BCUT2D eigenvalue weighted by atomic mass is 19.1. The molecule has 2 aromatic rings. The monoisotopic (exact) mass is 289 g/mol. The van der Waals surface area contributed by atoms with Gasteiger partial charge in [0.2, 0.25) is 0 Å². The first kappa shape index (κ1) is 14.5. The van der Waals surface area contributed by atoms with Crippen LogP contribution >= 0.6 is 0 Å². The van der Waals surface area contributed by atoms with Crippen molar-refractivity contribution in [2.45, 2.75) is 6.61 Å². The Bertz CT molecular complexity index is 738. The van der Waals surface area contributed by atoms with Gasteiger partial charge in [0.1, 0.15) is 29.6 Å². The maximum absolute atomic E-state index is 13.3. The lowest BCUT2D eigenvalue weighted by atomic mass is 10.1. The van der Waals surface area contributed by atoms with Crippen LogP contribution in [0, 0.1) is 23.0 Å². The summed E-state index contributed by atoms with van der Waals surface area (Å²) in [6.45, 7) is -0.184. The molecule has 1 N–H and O–H groups in total. The van der Waals surface area contributed by atoms with Crippen LogP contribution in [-0.4, -0.2) is 11.1 Å². The van der Waals surface area contributed by atoms with Gasteiger partial charge in [-0.3, -0.25) is 0 Å². The molecule has 0 bridgehead atoms. The smallest absolute Gasteiger partial charge is 0.339 e. The van der Waals surface area contributed by atoms with Crippen molar-refractivity contribution in [2.24, 2.45) is 0 Å². The normalized spacial score (nSPS) is 9.95. The Balaban J connectivity index is 2.24. The first-order valence-corrected chi connectivity index (χ1v) is 5.85. The number of hydrogen-bond donors (Lipinski definition) is 1. The molecule has 0 saturated heterocycles. The van der Waals surface area contributed by atoms with Crippen molar-refractivity contribution in [1.29, 1.82) is 5.26 Å². The predicted octanol–water partition coefficient (Wildman–Crippen LogP) is 3.11. The van der Waals surface area contributed by atoms with Crippen molar-refractivity contribution >= 4 is 5.97 Å². The molecule has 0 unspecified atom stereocenters. The van der Waals surface area contributed by atoms with Gasteiger partial charge in [-0.2, -0.15) is 5.26 Å². The number of ether oxygens (including phenoxy) is 1. The van der Waals surface area contributed by atoms with E-state index in [9.17, 15) is 13.6 Å². The van der Waals surface area contributed by atoms with Crippen LogP contribution in [0.2, 0.25) is 0 Å². The third-order valence-electron chi connectivity index (χ3n) is 2.66. The highest BCUT2D eigenvalue weighted by Crippen LogP contribution is 2.21. The Morgan fingerprint density at radius 2 is 1.95 bits per heavy atom. The number of hydrogen-bond acceptors (Lipinski definition) is 3. The summed E-state index contributed by atoms with van der Waals surface area (Å²) in [5, 5.41) is 17.7. The molecule has 0 fully saturated rings. The molecule has 0 heterocycles. The Morgan fingerprint density at radius 3 is 2.62 bits per heavy atom. The molecule has 0 aliphatic rings. The van der Waals surface area contributed by atoms with Crippen LogP contribution in [0.25, 0.3) is 0 Å². The van der Waals surface area contributed by atoms with E-state index in [2.05, 4.69) is 0 Å². The second-order valence-electron chi connectivity index (χ2n) is 4.19. The molecule has 106 valence electrons. The van der Waals surface area contributed by atoms with E-state index < -0.39 is 17.6 Å². The van der Waals surface area contributed by atoms with Gasteiger partial charge in [-0.25, -0.2) is 13.6 Å². The molecule has 0 amide bonds. The number of nitriles is 1. The summed E-state index contributed by atoms with van der Waals surface area (Å²) in [7, 11) is 0. The van der Waals surface area contributed by atoms with Crippen LogP contribution in [0.5, 0.6) is 5.75 Å². The van der Waals surface area contributed by atoms with Crippen LogP contribution in [0.1, 0.15) is 21.5 Å². The number of rotatable bonds is 4. The van der Waals surface area contributed by atoms with Gasteiger partial charge in [0.25, 0.3) is 0 Å². The zero-order chi connectivity index (χ0) is 15.4. The lowest BCUT2D eigenvalue weighted by Gasteiger charge is -2.09. The molecule has 2 aromatic carbocycles. The number of nitrogens with zero attached hydrogens (tertiary/aromatic N) is 1. The molecule has 6 heteroatoms.